The Kier molecular flexibility index (Phi) is 6.46. The largest absolute Gasteiger partial charge is 0.331 e. The molecule has 3 aromatic rings. The van der Waals surface area contributed by atoms with Gasteiger partial charge in [-0.1, -0.05) is 19.4 Å². The third-order valence-electron chi connectivity index (χ3n) is 5.67. The first-order valence-electron chi connectivity index (χ1n) is 10.8. The van der Waals surface area contributed by atoms with Crippen molar-refractivity contribution in [1.29, 1.82) is 0 Å². The van der Waals surface area contributed by atoms with E-state index in [1.165, 1.54) is 24.4 Å². The molecule has 10 heteroatoms. The molecule has 174 valence electrons. The Hall–Kier alpha value is -3.27. The number of anilines is 1. The van der Waals surface area contributed by atoms with E-state index < -0.39 is 9.84 Å². The van der Waals surface area contributed by atoms with Crippen LogP contribution in [-0.2, 0) is 16.3 Å². The minimum Gasteiger partial charge on any atom is -0.331 e. The Labute approximate surface area is 192 Å². The molecule has 0 radical (unpaired) electrons. The van der Waals surface area contributed by atoms with Crippen molar-refractivity contribution in [3.63, 3.8) is 0 Å². The highest BCUT2D eigenvalue weighted by atomic mass is 32.2. The SMILES string of the molecule is CCC[C@H](NC(=O)N1CCCc2c1cnn2-c1ccc(F)cc1)c1ccc(S(C)(=O)=O)nc1. The van der Waals surface area contributed by atoms with Gasteiger partial charge in [0.25, 0.3) is 0 Å². The van der Waals surface area contributed by atoms with Crippen molar-refractivity contribution in [3.05, 3.63) is 65.9 Å². The first kappa shape index (κ1) is 22.9. The summed E-state index contributed by atoms with van der Waals surface area (Å²) in [6, 6.07) is 8.69. The molecule has 0 spiro atoms. The van der Waals surface area contributed by atoms with Gasteiger partial charge in [0, 0.05) is 19.0 Å². The van der Waals surface area contributed by atoms with Crippen LogP contribution in [0.4, 0.5) is 14.9 Å². The lowest BCUT2D eigenvalue weighted by Crippen LogP contribution is -2.44. The van der Waals surface area contributed by atoms with Gasteiger partial charge in [0.1, 0.15) is 5.82 Å². The number of nitrogens with zero attached hydrogens (tertiary/aromatic N) is 4. The molecule has 1 N–H and O–H groups in total. The topological polar surface area (TPSA) is 97.2 Å². The molecule has 3 heterocycles. The third kappa shape index (κ3) is 4.90. The Bertz CT molecular complexity index is 1240. The molecule has 0 aliphatic carbocycles. The maximum atomic E-state index is 13.3. The van der Waals surface area contributed by atoms with Crippen molar-refractivity contribution in [2.75, 3.05) is 17.7 Å². The molecule has 2 aromatic heterocycles. The van der Waals surface area contributed by atoms with Gasteiger partial charge < -0.3 is 5.32 Å². The van der Waals surface area contributed by atoms with Crippen LogP contribution in [0.1, 0.15) is 43.5 Å². The van der Waals surface area contributed by atoms with E-state index in [9.17, 15) is 17.6 Å². The van der Waals surface area contributed by atoms with Crippen LogP contribution in [-0.4, -0.2) is 42.0 Å². The summed E-state index contributed by atoms with van der Waals surface area (Å²) >= 11 is 0. The molecule has 1 aliphatic heterocycles. The van der Waals surface area contributed by atoms with Crippen LogP contribution >= 0.6 is 0 Å². The number of amides is 2. The Morgan fingerprint density at radius 1 is 1.18 bits per heavy atom. The van der Waals surface area contributed by atoms with Gasteiger partial charge in [0.2, 0.25) is 0 Å². The molecule has 0 saturated carbocycles. The highest BCUT2D eigenvalue weighted by Gasteiger charge is 2.28. The second kappa shape index (κ2) is 9.30. The van der Waals surface area contributed by atoms with E-state index in [-0.39, 0.29) is 22.9 Å². The van der Waals surface area contributed by atoms with Crippen molar-refractivity contribution in [1.82, 2.24) is 20.1 Å². The quantitative estimate of drug-likeness (QED) is 0.590. The summed E-state index contributed by atoms with van der Waals surface area (Å²) in [7, 11) is -3.39. The summed E-state index contributed by atoms with van der Waals surface area (Å²) < 4.78 is 38.4. The maximum absolute atomic E-state index is 13.3. The summed E-state index contributed by atoms with van der Waals surface area (Å²) in [5.41, 5.74) is 3.11. The van der Waals surface area contributed by atoms with Crippen LogP contribution in [0.3, 0.4) is 0 Å². The normalized spacial score (nSPS) is 14.6. The van der Waals surface area contributed by atoms with Gasteiger partial charge in [-0.15, -0.1) is 0 Å². The summed E-state index contributed by atoms with van der Waals surface area (Å²) in [5.74, 6) is -0.318. The first-order valence-corrected chi connectivity index (χ1v) is 12.7. The molecule has 0 bridgehead atoms. The fourth-order valence-corrected chi connectivity index (χ4v) is 4.58. The van der Waals surface area contributed by atoms with Gasteiger partial charge in [0.05, 0.1) is 29.3 Å². The van der Waals surface area contributed by atoms with Crippen molar-refractivity contribution in [3.8, 4) is 5.69 Å². The van der Waals surface area contributed by atoms with E-state index in [0.717, 1.165) is 48.2 Å². The number of hydrogen-bond donors (Lipinski definition) is 1. The van der Waals surface area contributed by atoms with E-state index in [4.69, 9.17) is 0 Å². The lowest BCUT2D eigenvalue weighted by Gasteiger charge is -2.29. The van der Waals surface area contributed by atoms with E-state index in [1.54, 1.807) is 34.0 Å². The molecule has 1 aromatic carbocycles. The minimum absolute atomic E-state index is 0.00158. The summed E-state index contributed by atoms with van der Waals surface area (Å²) in [4.78, 5) is 19.0. The molecular formula is C23H26FN5O3S. The zero-order chi connectivity index (χ0) is 23.6. The van der Waals surface area contributed by atoms with Crippen LogP contribution in [0, 0.1) is 5.82 Å². The number of urea groups is 1. The maximum Gasteiger partial charge on any atom is 0.322 e. The van der Waals surface area contributed by atoms with Crippen LogP contribution in [0.25, 0.3) is 5.69 Å². The standard InChI is InChI=1S/C23H26FN5O3S/c1-3-5-19(16-7-12-22(25-14-16)33(2,31)32)27-23(30)28-13-4-6-20-21(28)15-26-29(20)18-10-8-17(24)9-11-18/h7-12,14-15,19H,3-6,13H2,1-2H3,(H,27,30)/t19-/m0/s1. The molecule has 1 atom stereocenters. The number of hydrogen-bond acceptors (Lipinski definition) is 5. The van der Waals surface area contributed by atoms with Gasteiger partial charge in [0.15, 0.2) is 14.9 Å². The second-order valence-corrected chi connectivity index (χ2v) is 10.1. The molecule has 8 nitrogen and oxygen atoms in total. The number of carbonyl (C=O) groups is 1. The van der Waals surface area contributed by atoms with Gasteiger partial charge in [-0.25, -0.2) is 27.3 Å². The monoisotopic (exact) mass is 471 g/mol. The summed E-state index contributed by atoms with van der Waals surface area (Å²) in [6.07, 6.45) is 7.32. The minimum atomic E-state index is -3.39. The van der Waals surface area contributed by atoms with E-state index in [2.05, 4.69) is 15.4 Å². The van der Waals surface area contributed by atoms with Crippen LogP contribution in [0.15, 0.2) is 53.8 Å². The first-order chi connectivity index (χ1) is 15.8. The molecule has 0 fully saturated rings. The number of benzene rings is 1. The predicted molar refractivity (Wildman–Crippen MR) is 123 cm³/mol. The lowest BCUT2D eigenvalue weighted by atomic mass is 10.0. The van der Waals surface area contributed by atoms with Crippen molar-refractivity contribution in [2.24, 2.45) is 0 Å². The average Bonchev–Trinajstić information content (AvgIpc) is 3.23. The number of nitrogens with one attached hydrogen (secondary N) is 1. The van der Waals surface area contributed by atoms with Crippen LogP contribution in [0.5, 0.6) is 0 Å². The summed E-state index contributed by atoms with van der Waals surface area (Å²) in [6.45, 7) is 2.57. The zero-order valence-electron chi connectivity index (χ0n) is 18.5. The number of halogens is 1. The molecule has 4 rings (SSSR count). The number of pyridine rings is 1. The molecule has 1 aliphatic rings. The van der Waals surface area contributed by atoms with Gasteiger partial charge in [-0.3, -0.25) is 4.90 Å². The second-order valence-electron chi connectivity index (χ2n) is 8.11. The van der Waals surface area contributed by atoms with Gasteiger partial charge in [-0.2, -0.15) is 5.10 Å². The Morgan fingerprint density at radius 3 is 2.58 bits per heavy atom. The molecule has 0 unspecified atom stereocenters. The van der Waals surface area contributed by atoms with E-state index >= 15 is 0 Å². The fraction of sp³-hybridized carbons (Fsp3) is 0.348. The fourth-order valence-electron chi connectivity index (χ4n) is 4.02. The molecular weight excluding hydrogens is 445 g/mol. The average molecular weight is 472 g/mol. The molecule has 0 saturated heterocycles. The lowest BCUT2D eigenvalue weighted by molar-refractivity contribution is 0.241. The van der Waals surface area contributed by atoms with Crippen molar-refractivity contribution >= 4 is 21.6 Å². The van der Waals surface area contributed by atoms with E-state index in [1.807, 2.05) is 6.92 Å². The zero-order valence-corrected chi connectivity index (χ0v) is 19.3. The molecule has 33 heavy (non-hydrogen) atoms. The number of fused-ring (bicyclic) bond motifs is 1. The Balaban J connectivity index is 1.56. The highest BCUT2D eigenvalue weighted by molar-refractivity contribution is 7.90. The van der Waals surface area contributed by atoms with Crippen LogP contribution in [0.2, 0.25) is 0 Å². The number of rotatable bonds is 6. The highest BCUT2D eigenvalue weighted by Crippen LogP contribution is 2.30. The van der Waals surface area contributed by atoms with Gasteiger partial charge >= 0.3 is 6.03 Å². The Morgan fingerprint density at radius 2 is 1.94 bits per heavy atom. The van der Waals surface area contributed by atoms with E-state index in [0.29, 0.717) is 13.0 Å². The number of sulfone groups is 1. The van der Waals surface area contributed by atoms with Gasteiger partial charge in [-0.05, 0) is 55.2 Å². The van der Waals surface area contributed by atoms with Crippen LogP contribution < -0.4 is 10.2 Å². The third-order valence-corrected chi connectivity index (χ3v) is 6.67. The smallest absolute Gasteiger partial charge is 0.322 e. The number of carbonyl (C=O) groups excluding carboxylic acids is 1. The van der Waals surface area contributed by atoms with Crippen molar-refractivity contribution < 1.29 is 17.6 Å². The van der Waals surface area contributed by atoms with Crippen molar-refractivity contribution in [2.45, 2.75) is 43.7 Å². The predicted octanol–water partition coefficient (Wildman–Crippen LogP) is 3.81. The molecule has 2 amide bonds. The summed E-state index contributed by atoms with van der Waals surface area (Å²) in [5, 5.41) is 7.51. The number of aromatic nitrogens is 3.